The number of nitrogens with zero attached hydrogens (tertiary/aromatic N) is 4. The maximum Gasteiger partial charge on any atom is 0.195 e. The van der Waals surface area contributed by atoms with Crippen LogP contribution in [0.1, 0.15) is 31.8 Å². The number of carbonyl (C=O) groups excluding carboxylic acids is 2. The van der Waals surface area contributed by atoms with Gasteiger partial charge >= 0.3 is 0 Å². The molecular weight excluding hydrogens is 785 g/mol. The number of carbonyl (C=O) groups is 2. The zero-order chi connectivity index (χ0) is 43.0. The monoisotopic (exact) mass is 820 g/mol. The van der Waals surface area contributed by atoms with Crippen LogP contribution in [-0.2, 0) is 0 Å². The van der Waals surface area contributed by atoms with Gasteiger partial charge in [0.15, 0.2) is 23.2 Å². The SMILES string of the molecule is O=C1c2cccc(-c3ccc(-c4cc(-c5ccccc5)nc(-c5ccccc5)n4)cc3)c2C(=O)c2c1cccc2-c1cccc(-c2nc(-c3ccccc3)cc(-c3ccccc3)n2)c1. The van der Waals surface area contributed by atoms with Gasteiger partial charge in [-0.1, -0.05) is 200 Å². The molecule has 6 heteroatoms. The number of hydrogen-bond donors (Lipinski definition) is 0. The van der Waals surface area contributed by atoms with Gasteiger partial charge in [-0.05, 0) is 40.5 Å². The molecular formula is C58H36N4O2. The lowest BCUT2D eigenvalue weighted by molar-refractivity contribution is 0.0980. The van der Waals surface area contributed by atoms with Crippen molar-refractivity contribution in [2.45, 2.75) is 0 Å². The van der Waals surface area contributed by atoms with Crippen LogP contribution in [0.15, 0.2) is 218 Å². The van der Waals surface area contributed by atoms with E-state index in [0.29, 0.717) is 45.0 Å². The second-order valence-corrected chi connectivity index (χ2v) is 15.7. The maximum absolute atomic E-state index is 15.0. The van der Waals surface area contributed by atoms with E-state index in [2.05, 4.69) is 0 Å². The minimum Gasteiger partial charge on any atom is -0.289 e. The van der Waals surface area contributed by atoms with Crippen molar-refractivity contribution in [1.82, 2.24) is 19.9 Å². The molecule has 0 N–H and O–H groups in total. The molecule has 0 unspecified atom stereocenters. The summed E-state index contributed by atoms with van der Waals surface area (Å²) in [5.74, 6) is 0.803. The molecule has 2 aromatic heterocycles. The number of aromatic nitrogens is 4. The van der Waals surface area contributed by atoms with Crippen LogP contribution in [0.3, 0.4) is 0 Å². The summed E-state index contributed by atoms with van der Waals surface area (Å²) in [6.07, 6.45) is 0. The van der Waals surface area contributed by atoms with Crippen LogP contribution in [-0.4, -0.2) is 31.5 Å². The number of benzene rings is 8. The van der Waals surface area contributed by atoms with Crippen molar-refractivity contribution in [1.29, 1.82) is 0 Å². The fourth-order valence-corrected chi connectivity index (χ4v) is 8.53. The topological polar surface area (TPSA) is 85.7 Å². The van der Waals surface area contributed by atoms with Crippen LogP contribution in [0.4, 0.5) is 0 Å². The third-order valence-electron chi connectivity index (χ3n) is 11.7. The third-order valence-corrected chi connectivity index (χ3v) is 11.7. The van der Waals surface area contributed by atoms with Crippen molar-refractivity contribution in [3.8, 4) is 90.1 Å². The first-order chi connectivity index (χ1) is 31.6. The van der Waals surface area contributed by atoms with Crippen molar-refractivity contribution in [2.75, 3.05) is 0 Å². The third kappa shape index (κ3) is 7.09. The van der Waals surface area contributed by atoms with Gasteiger partial charge in [-0.3, -0.25) is 9.59 Å². The standard InChI is InChI=1S/C58H36N4O2/c63-55-47-28-14-26-45(37-30-32-41(33-31-37)52-36-49(38-16-5-1-6-17-38)59-57(60-52)42-22-11-4-12-23-42)53(47)56(64)54-46(27-15-29-48(54)55)43-24-13-25-44(34-43)58-61-50(39-18-7-2-8-19-39)35-51(62-58)40-20-9-3-10-21-40/h1-36H. The second kappa shape index (κ2) is 16.3. The minimum absolute atomic E-state index is 0.185. The van der Waals surface area contributed by atoms with Crippen molar-refractivity contribution < 1.29 is 9.59 Å². The average molecular weight is 821 g/mol. The van der Waals surface area contributed by atoms with E-state index in [1.54, 1.807) is 12.1 Å². The van der Waals surface area contributed by atoms with E-state index >= 15 is 4.79 Å². The Hall–Kier alpha value is -8.74. The Labute approximate surface area is 370 Å². The van der Waals surface area contributed by atoms with Gasteiger partial charge in [-0.15, -0.1) is 0 Å². The van der Waals surface area contributed by atoms with Gasteiger partial charge in [0.05, 0.1) is 22.8 Å². The fourth-order valence-electron chi connectivity index (χ4n) is 8.53. The summed E-state index contributed by atoms with van der Waals surface area (Å²) in [5, 5.41) is 0. The highest BCUT2D eigenvalue weighted by atomic mass is 16.1. The molecule has 64 heavy (non-hydrogen) atoms. The van der Waals surface area contributed by atoms with Crippen LogP contribution in [0.25, 0.3) is 90.1 Å². The van der Waals surface area contributed by atoms with E-state index in [-0.39, 0.29) is 11.6 Å². The Morgan fingerprint density at radius 3 is 1.03 bits per heavy atom. The predicted molar refractivity (Wildman–Crippen MR) is 254 cm³/mol. The van der Waals surface area contributed by atoms with Crippen LogP contribution >= 0.6 is 0 Å². The molecule has 0 saturated carbocycles. The molecule has 0 amide bonds. The molecule has 1 aliphatic carbocycles. The summed E-state index contributed by atoms with van der Waals surface area (Å²) in [6, 6.07) is 71.1. The Bertz CT molecular complexity index is 3270. The van der Waals surface area contributed by atoms with E-state index in [9.17, 15) is 4.79 Å². The molecule has 10 aromatic rings. The van der Waals surface area contributed by atoms with E-state index in [0.717, 1.165) is 67.3 Å². The lowest BCUT2D eigenvalue weighted by atomic mass is 9.77. The molecule has 11 rings (SSSR count). The molecule has 0 spiro atoms. The van der Waals surface area contributed by atoms with Crippen molar-refractivity contribution in [3.05, 3.63) is 241 Å². The van der Waals surface area contributed by atoms with Gasteiger partial charge in [0.25, 0.3) is 0 Å². The Morgan fingerprint density at radius 2 is 0.562 bits per heavy atom. The lowest BCUT2D eigenvalue weighted by Gasteiger charge is -2.23. The van der Waals surface area contributed by atoms with Crippen molar-refractivity contribution in [2.24, 2.45) is 0 Å². The molecule has 8 aromatic carbocycles. The smallest absolute Gasteiger partial charge is 0.195 e. The molecule has 6 nitrogen and oxygen atoms in total. The van der Waals surface area contributed by atoms with E-state index in [1.807, 2.05) is 206 Å². The van der Waals surface area contributed by atoms with E-state index in [4.69, 9.17) is 19.9 Å². The summed E-state index contributed by atoms with van der Waals surface area (Å²) in [5.41, 5.74) is 13.3. The summed E-state index contributed by atoms with van der Waals surface area (Å²) < 4.78 is 0. The zero-order valence-corrected chi connectivity index (χ0v) is 34.4. The summed E-state index contributed by atoms with van der Waals surface area (Å²) in [4.78, 5) is 49.5. The fraction of sp³-hybridized carbons (Fsp3) is 0. The first-order valence-electron chi connectivity index (χ1n) is 21.1. The average Bonchev–Trinajstić information content (AvgIpc) is 3.38. The van der Waals surface area contributed by atoms with Crippen LogP contribution in [0, 0.1) is 0 Å². The van der Waals surface area contributed by atoms with Gasteiger partial charge < -0.3 is 0 Å². The lowest BCUT2D eigenvalue weighted by Crippen LogP contribution is -2.22. The van der Waals surface area contributed by atoms with Gasteiger partial charge in [0.2, 0.25) is 0 Å². The van der Waals surface area contributed by atoms with Crippen LogP contribution in [0.2, 0.25) is 0 Å². The van der Waals surface area contributed by atoms with Gasteiger partial charge in [0.1, 0.15) is 0 Å². The highest BCUT2D eigenvalue weighted by Gasteiger charge is 2.34. The molecule has 0 radical (unpaired) electrons. The van der Waals surface area contributed by atoms with Gasteiger partial charge in [-0.2, -0.15) is 0 Å². The molecule has 0 bridgehead atoms. The predicted octanol–water partition coefficient (Wildman–Crippen LogP) is 13.4. The number of fused-ring (bicyclic) bond motifs is 2. The highest BCUT2D eigenvalue weighted by molar-refractivity contribution is 6.32. The van der Waals surface area contributed by atoms with Crippen molar-refractivity contribution in [3.63, 3.8) is 0 Å². The number of hydrogen-bond acceptors (Lipinski definition) is 6. The quantitative estimate of drug-likeness (QED) is 0.152. The molecule has 0 aliphatic heterocycles. The van der Waals surface area contributed by atoms with Crippen LogP contribution in [0.5, 0.6) is 0 Å². The Morgan fingerprint density at radius 1 is 0.234 bits per heavy atom. The van der Waals surface area contributed by atoms with E-state index in [1.165, 1.54) is 0 Å². The number of ketones is 2. The maximum atomic E-state index is 15.0. The highest BCUT2D eigenvalue weighted by Crippen LogP contribution is 2.40. The van der Waals surface area contributed by atoms with Crippen LogP contribution < -0.4 is 0 Å². The zero-order valence-electron chi connectivity index (χ0n) is 34.4. The van der Waals surface area contributed by atoms with Gasteiger partial charge in [0, 0.05) is 55.6 Å². The first-order valence-corrected chi connectivity index (χ1v) is 21.1. The summed E-state index contributed by atoms with van der Waals surface area (Å²) >= 11 is 0. The Kier molecular flexibility index (Phi) is 9.71. The minimum atomic E-state index is -0.199. The number of rotatable bonds is 8. The first kappa shape index (κ1) is 38.2. The van der Waals surface area contributed by atoms with Crippen molar-refractivity contribution >= 4 is 11.6 Å². The van der Waals surface area contributed by atoms with E-state index < -0.39 is 0 Å². The summed E-state index contributed by atoms with van der Waals surface area (Å²) in [6.45, 7) is 0. The molecule has 0 saturated heterocycles. The Balaban J connectivity index is 0.971. The molecule has 300 valence electrons. The summed E-state index contributed by atoms with van der Waals surface area (Å²) in [7, 11) is 0. The molecule has 0 atom stereocenters. The molecule has 2 heterocycles. The normalized spacial score (nSPS) is 11.8. The van der Waals surface area contributed by atoms with Gasteiger partial charge in [-0.25, -0.2) is 19.9 Å². The second-order valence-electron chi connectivity index (χ2n) is 15.7. The largest absolute Gasteiger partial charge is 0.289 e. The molecule has 1 aliphatic rings. The molecule has 0 fully saturated rings.